The normalized spacial score (nSPS) is 12.1. The van der Waals surface area contributed by atoms with Gasteiger partial charge in [-0.1, -0.05) is 28.1 Å². The minimum Gasteiger partial charge on any atom is -0.493 e. The molecule has 8 heteroatoms. The second-order valence-electron chi connectivity index (χ2n) is 4.99. The third-order valence-electron chi connectivity index (χ3n) is 3.31. The first-order chi connectivity index (χ1) is 12.0. The van der Waals surface area contributed by atoms with Crippen LogP contribution < -0.4 is 9.46 Å². The second-order valence-corrected chi connectivity index (χ2v) is 7.09. The summed E-state index contributed by atoms with van der Waals surface area (Å²) in [5, 5.41) is 0.175. The number of fused-ring (bicyclic) bond motifs is 1. The van der Waals surface area contributed by atoms with Gasteiger partial charge in [-0.25, -0.2) is 8.60 Å². The molecule has 1 unspecified atom stereocenters. The number of carbonyl (C=O) groups is 1. The van der Waals surface area contributed by atoms with Crippen molar-refractivity contribution in [2.45, 2.75) is 11.8 Å². The Morgan fingerprint density at radius 3 is 2.84 bits per heavy atom. The molecule has 2 aromatic carbocycles. The number of nitrogens with one attached hydrogen (secondary N) is 1. The molecule has 1 amide bonds. The summed E-state index contributed by atoms with van der Waals surface area (Å²) >= 11 is 3.16. The van der Waals surface area contributed by atoms with Gasteiger partial charge in [-0.15, -0.1) is 0 Å². The van der Waals surface area contributed by atoms with E-state index in [9.17, 15) is 13.4 Å². The molecule has 25 heavy (non-hydrogen) atoms. The number of furan rings is 1. The molecule has 3 rings (SSSR count). The Morgan fingerprint density at radius 1 is 1.32 bits per heavy atom. The van der Waals surface area contributed by atoms with Gasteiger partial charge in [0.2, 0.25) is 0 Å². The molecular weight excluding hydrogens is 413 g/mol. The number of halogens is 2. The maximum absolute atomic E-state index is 13.9. The summed E-state index contributed by atoms with van der Waals surface area (Å²) in [6.45, 7) is 2.21. The summed E-state index contributed by atoms with van der Waals surface area (Å²) < 4.78 is 39.9. The monoisotopic (exact) mass is 425 g/mol. The van der Waals surface area contributed by atoms with Gasteiger partial charge < -0.3 is 9.15 Å². The Morgan fingerprint density at radius 2 is 2.08 bits per heavy atom. The van der Waals surface area contributed by atoms with Crippen LogP contribution in [-0.2, 0) is 11.0 Å². The molecule has 0 saturated carbocycles. The zero-order valence-corrected chi connectivity index (χ0v) is 15.4. The summed E-state index contributed by atoms with van der Waals surface area (Å²) in [6.07, 6.45) is 0. The van der Waals surface area contributed by atoms with Crippen molar-refractivity contribution in [1.29, 1.82) is 0 Å². The number of ether oxygens (including phenoxy) is 1. The topological polar surface area (TPSA) is 68.5 Å². The number of amides is 1. The average molecular weight is 426 g/mol. The minimum absolute atomic E-state index is 0.130. The third kappa shape index (κ3) is 3.74. The zero-order chi connectivity index (χ0) is 18.0. The highest BCUT2D eigenvalue weighted by Gasteiger charge is 2.19. The van der Waals surface area contributed by atoms with Gasteiger partial charge in [0.05, 0.1) is 12.0 Å². The van der Waals surface area contributed by atoms with Crippen LogP contribution in [0.4, 0.5) is 4.39 Å². The highest BCUT2D eigenvalue weighted by Crippen LogP contribution is 2.27. The van der Waals surface area contributed by atoms with Crippen molar-refractivity contribution >= 4 is 43.8 Å². The van der Waals surface area contributed by atoms with E-state index in [0.717, 1.165) is 0 Å². The highest BCUT2D eigenvalue weighted by molar-refractivity contribution is 9.10. The van der Waals surface area contributed by atoms with Crippen molar-refractivity contribution < 1.29 is 22.5 Å². The molecule has 0 bridgehead atoms. The van der Waals surface area contributed by atoms with Gasteiger partial charge in [-0.3, -0.25) is 9.52 Å². The average Bonchev–Trinajstić information content (AvgIpc) is 3.00. The van der Waals surface area contributed by atoms with Crippen LogP contribution in [0.1, 0.15) is 17.5 Å². The lowest BCUT2D eigenvalue weighted by atomic mass is 10.2. The Hall–Kier alpha value is -2.19. The smallest absolute Gasteiger partial charge is 0.298 e. The maximum Gasteiger partial charge on any atom is 0.298 e. The van der Waals surface area contributed by atoms with E-state index in [0.29, 0.717) is 21.7 Å². The number of benzene rings is 2. The van der Waals surface area contributed by atoms with Crippen molar-refractivity contribution in [3.8, 4) is 5.75 Å². The van der Waals surface area contributed by atoms with Crippen LogP contribution in [-0.4, -0.2) is 16.7 Å². The molecular formula is C17H13BrFNO4S. The fraction of sp³-hybridized carbons (Fsp3) is 0.118. The van der Waals surface area contributed by atoms with Crippen LogP contribution in [0, 0.1) is 5.82 Å². The molecule has 3 aromatic rings. The van der Waals surface area contributed by atoms with Crippen molar-refractivity contribution in [1.82, 2.24) is 4.72 Å². The predicted octanol–water partition coefficient (Wildman–Crippen LogP) is 4.19. The van der Waals surface area contributed by atoms with Gasteiger partial charge in [0, 0.05) is 10.5 Å². The standard InChI is InChI=1S/C17H13BrFNO4S/c1-2-23-13-5-3-4-6-16(13)25(22)20-17(21)15-9-11-12(19)7-10(18)8-14(11)24-15/h3-9H,2H2,1H3,(H,20,21). The van der Waals surface area contributed by atoms with Crippen LogP contribution in [0.5, 0.6) is 5.75 Å². The van der Waals surface area contributed by atoms with Crippen molar-refractivity contribution in [2.75, 3.05) is 6.61 Å². The van der Waals surface area contributed by atoms with Gasteiger partial charge in [0.1, 0.15) is 22.0 Å². The molecule has 0 saturated heterocycles. The minimum atomic E-state index is -1.85. The molecule has 1 aromatic heterocycles. The van der Waals surface area contributed by atoms with E-state index in [2.05, 4.69) is 20.7 Å². The second kappa shape index (κ2) is 7.37. The molecule has 0 radical (unpaired) electrons. The summed E-state index contributed by atoms with van der Waals surface area (Å²) in [4.78, 5) is 12.6. The van der Waals surface area contributed by atoms with Gasteiger partial charge in [0.25, 0.3) is 5.91 Å². The highest BCUT2D eigenvalue weighted by atomic mass is 79.9. The maximum atomic E-state index is 13.9. The lowest BCUT2D eigenvalue weighted by Gasteiger charge is -2.09. The first kappa shape index (κ1) is 17.6. The first-order valence-electron chi connectivity index (χ1n) is 7.32. The number of hydrogen-bond acceptors (Lipinski definition) is 4. The van der Waals surface area contributed by atoms with Gasteiger partial charge >= 0.3 is 0 Å². The molecule has 130 valence electrons. The summed E-state index contributed by atoms with van der Waals surface area (Å²) in [6, 6.07) is 10.8. The van der Waals surface area contributed by atoms with E-state index in [1.807, 2.05) is 0 Å². The molecule has 1 heterocycles. The quantitative estimate of drug-likeness (QED) is 0.665. The molecule has 0 fully saturated rings. The van der Waals surface area contributed by atoms with Crippen LogP contribution in [0.25, 0.3) is 11.0 Å². The molecule has 1 N–H and O–H groups in total. The van der Waals surface area contributed by atoms with Gasteiger partial charge in [0.15, 0.2) is 16.7 Å². The van der Waals surface area contributed by atoms with E-state index in [1.54, 1.807) is 37.3 Å². The van der Waals surface area contributed by atoms with Crippen LogP contribution in [0.2, 0.25) is 0 Å². The molecule has 0 aliphatic heterocycles. The van der Waals surface area contributed by atoms with Crippen molar-refractivity contribution in [3.05, 3.63) is 58.5 Å². The Labute approximate surface area is 153 Å². The molecule has 5 nitrogen and oxygen atoms in total. The number of hydrogen-bond donors (Lipinski definition) is 1. The SMILES string of the molecule is CCOc1ccccc1S(=O)NC(=O)c1cc2c(F)cc(Br)cc2o1. The number of para-hydroxylation sites is 1. The summed E-state index contributed by atoms with van der Waals surface area (Å²) in [5.41, 5.74) is 0.220. The third-order valence-corrected chi connectivity index (χ3v) is 4.87. The number of rotatable bonds is 5. The fourth-order valence-electron chi connectivity index (χ4n) is 2.24. The fourth-order valence-corrected chi connectivity index (χ4v) is 3.54. The number of carbonyl (C=O) groups excluding carboxylic acids is 1. The predicted molar refractivity (Wildman–Crippen MR) is 95.4 cm³/mol. The van der Waals surface area contributed by atoms with Crippen LogP contribution in [0.15, 0.2) is 56.2 Å². The molecule has 0 spiro atoms. The van der Waals surface area contributed by atoms with Gasteiger partial charge in [-0.2, -0.15) is 0 Å². The first-order valence-corrected chi connectivity index (χ1v) is 9.27. The van der Waals surface area contributed by atoms with E-state index in [1.165, 1.54) is 12.1 Å². The van der Waals surface area contributed by atoms with E-state index >= 15 is 0 Å². The Bertz CT molecular complexity index is 972. The van der Waals surface area contributed by atoms with E-state index in [-0.39, 0.29) is 16.7 Å². The van der Waals surface area contributed by atoms with E-state index in [4.69, 9.17) is 9.15 Å². The zero-order valence-electron chi connectivity index (χ0n) is 13.0. The summed E-state index contributed by atoms with van der Waals surface area (Å²) in [5.74, 6) is -0.941. The molecule has 0 aliphatic carbocycles. The Kier molecular flexibility index (Phi) is 5.19. The largest absolute Gasteiger partial charge is 0.493 e. The van der Waals surface area contributed by atoms with Crippen molar-refractivity contribution in [3.63, 3.8) is 0 Å². The van der Waals surface area contributed by atoms with Gasteiger partial charge in [-0.05, 0) is 31.2 Å². The van der Waals surface area contributed by atoms with Crippen molar-refractivity contribution in [2.24, 2.45) is 0 Å². The molecule has 1 atom stereocenters. The van der Waals surface area contributed by atoms with E-state index < -0.39 is 22.7 Å². The lowest BCUT2D eigenvalue weighted by Crippen LogP contribution is -2.25. The van der Waals surface area contributed by atoms with Crippen LogP contribution in [0.3, 0.4) is 0 Å². The summed E-state index contributed by atoms with van der Waals surface area (Å²) in [7, 11) is -1.85. The van der Waals surface area contributed by atoms with Crippen LogP contribution >= 0.6 is 15.9 Å². The molecule has 0 aliphatic rings. The lowest BCUT2D eigenvalue weighted by molar-refractivity contribution is 0.0958. The Balaban J connectivity index is 1.85.